The molecule has 1 aliphatic rings. The molecule has 2 rings (SSSR count). The molecular weight excluding hydrogens is 279 g/mol. The lowest BCUT2D eigenvalue weighted by molar-refractivity contribution is -0.137. The molecule has 108 valence electrons. The maximum Gasteiger partial charge on any atom is 0.416 e. The van der Waals surface area contributed by atoms with E-state index in [0.717, 1.165) is 38.1 Å². The number of halogens is 4. The van der Waals surface area contributed by atoms with Gasteiger partial charge in [0.1, 0.15) is 5.75 Å². The van der Waals surface area contributed by atoms with Gasteiger partial charge in [0.2, 0.25) is 0 Å². The highest BCUT2D eigenvalue weighted by Gasteiger charge is 2.30. The minimum Gasteiger partial charge on any atom is -0.493 e. The highest BCUT2D eigenvalue weighted by atomic mass is 35.5. The van der Waals surface area contributed by atoms with Crippen molar-refractivity contribution in [2.24, 2.45) is 5.92 Å². The van der Waals surface area contributed by atoms with Crippen LogP contribution in [0.3, 0.4) is 0 Å². The molecule has 1 aliphatic heterocycles. The van der Waals surface area contributed by atoms with Crippen molar-refractivity contribution in [3.8, 4) is 5.75 Å². The lowest BCUT2D eigenvalue weighted by Gasteiger charge is -2.22. The Labute approximate surface area is 116 Å². The molecule has 1 fully saturated rings. The van der Waals surface area contributed by atoms with Crippen LogP contribution in [-0.2, 0) is 6.18 Å². The summed E-state index contributed by atoms with van der Waals surface area (Å²) in [6.45, 7) is 2.40. The number of piperidine rings is 1. The zero-order chi connectivity index (χ0) is 13.0. The highest BCUT2D eigenvalue weighted by Crippen LogP contribution is 2.31. The Bertz CT molecular complexity index is 392. The van der Waals surface area contributed by atoms with Gasteiger partial charge < -0.3 is 10.1 Å². The van der Waals surface area contributed by atoms with Crippen LogP contribution in [0, 0.1) is 5.92 Å². The van der Waals surface area contributed by atoms with Crippen molar-refractivity contribution in [1.82, 2.24) is 5.32 Å². The van der Waals surface area contributed by atoms with Gasteiger partial charge in [0.15, 0.2) is 0 Å². The van der Waals surface area contributed by atoms with Crippen LogP contribution in [-0.4, -0.2) is 19.7 Å². The van der Waals surface area contributed by atoms with Gasteiger partial charge in [0.05, 0.1) is 12.2 Å². The molecule has 2 nitrogen and oxygen atoms in total. The quantitative estimate of drug-likeness (QED) is 0.921. The summed E-state index contributed by atoms with van der Waals surface area (Å²) in [5.41, 5.74) is -0.662. The number of hydrogen-bond acceptors (Lipinski definition) is 2. The minimum atomic E-state index is -4.31. The molecule has 0 amide bonds. The van der Waals surface area contributed by atoms with Crippen LogP contribution in [0.25, 0.3) is 0 Å². The Morgan fingerprint density at radius 2 is 1.89 bits per heavy atom. The first-order valence-electron chi connectivity index (χ1n) is 6.06. The number of alkyl halides is 3. The van der Waals surface area contributed by atoms with Crippen LogP contribution < -0.4 is 10.1 Å². The maximum atomic E-state index is 12.5. The fraction of sp³-hybridized carbons (Fsp3) is 0.538. The van der Waals surface area contributed by atoms with Gasteiger partial charge in [-0.3, -0.25) is 0 Å². The average Bonchev–Trinajstić information content (AvgIpc) is 2.37. The Kier molecular flexibility index (Phi) is 5.94. The van der Waals surface area contributed by atoms with Crippen LogP contribution in [0.1, 0.15) is 18.4 Å². The van der Waals surface area contributed by atoms with E-state index in [1.807, 2.05) is 0 Å². The SMILES string of the molecule is Cl.FC(F)(F)c1cccc(OCC2CCNCC2)c1. The van der Waals surface area contributed by atoms with E-state index in [9.17, 15) is 13.2 Å². The van der Waals surface area contributed by atoms with Crippen LogP contribution in [0.2, 0.25) is 0 Å². The molecule has 0 spiro atoms. The van der Waals surface area contributed by atoms with Crippen molar-refractivity contribution < 1.29 is 17.9 Å². The second-order valence-corrected chi connectivity index (χ2v) is 4.53. The Hall–Kier alpha value is -0.940. The molecule has 0 bridgehead atoms. The number of hydrogen-bond donors (Lipinski definition) is 1. The van der Waals surface area contributed by atoms with Crippen LogP contribution in [0.4, 0.5) is 13.2 Å². The van der Waals surface area contributed by atoms with Crippen molar-refractivity contribution in [3.63, 3.8) is 0 Å². The average molecular weight is 296 g/mol. The van der Waals surface area contributed by atoms with Crippen LogP contribution >= 0.6 is 12.4 Å². The Morgan fingerprint density at radius 3 is 2.53 bits per heavy atom. The first-order chi connectivity index (χ1) is 8.55. The molecule has 0 aromatic heterocycles. The summed E-state index contributed by atoms with van der Waals surface area (Å²) in [5.74, 6) is 0.726. The summed E-state index contributed by atoms with van der Waals surface area (Å²) in [4.78, 5) is 0. The molecule has 6 heteroatoms. The molecule has 1 saturated heterocycles. The number of rotatable bonds is 3. The van der Waals surface area contributed by atoms with Gasteiger partial charge in [-0.05, 0) is 50.0 Å². The van der Waals surface area contributed by atoms with E-state index in [2.05, 4.69) is 5.32 Å². The molecule has 1 aromatic carbocycles. The summed E-state index contributed by atoms with van der Waals surface area (Å²) >= 11 is 0. The molecule has 1 aromatic rings. The summed E-state index contributed by atoms with van der Waals surface area (Å²) in [7, 11) is 0. The van der Waals surface area contributed by atoms with Crippen LogP contribution in [0.5, 0.6) is 5.75 Å². The van der Waals surface area contributed by atoms with Gasteiger partial charge in [-0.2, -0.15) is 13.2 Å². The molecule has 0 radical (unpaired) electrons. The molecule has 1 heterocycles. The van der Waals surface area contributed by atoms with E-state index in [1.165, 1.54) is 6.07 Å². The molecule has 0 aliphatic carbocycles. The van der Waals surface area contributed by atoms with E-state index < -0.39 is 11.7 Å². The van der Waals surface area contributed by atoms with Gasteiger partial charge in [0, 0.05) is 0 Å². The summed E-state index contributed by atoms with van der Waals surface area (Å²) < 4.78 is 43.0. The number of nitrogens with one attached hydrogen (secondary N) is 1. The maximum absolute atomic E-state index is 12.5. The van der Waals surface area contributed by atoms with Crippen LogP contribution in [0.15, 0.2) is 24.3 Å². The van der Waals surface area contributed by atoms with Crippen molar-refractivity contribution in [2.45, 2.75) is 19.0 Å². The summed E-state index contributed by atoms with van der Waals surface area (Å²) in [6.07, 6.45) is -2.29. The molecule has 0 atom stereocenters. The normalized spacial score (nSPS) is 16.8. The Balaban J connectivity index is 0.00000180. The second-order valence-electron chi connectivity index (χ2n) is 4.53. The van der Waals surface area contributed by atoms with Gasteiger partial charge in [-0.1, -0.05) is 6.07 Å². The predicted octanol–water partition coefficient (Wildman–Crippen LogP) is 3.51. The van der Waals surface area contributed by atoms with Crippen molar-refractivity contribution in [1.29, 1.82) is 0 Å². The van der Waals surface area contributed by atoms with Crippen molar-refractivity contribution in [2.75, 3.05) is 19.7 Å². The van der Waals surface area contributed by atoms with E-state index >= 15 is 0 Å². The fourth-order valence-electron chi connectivity index (χ4n) is 2.02. The van der Waals surface area contributed by atoms with Crippen molar-refractivity contribution >= 4 is 12.4 Å². The van der Waals surface area contributed by atoms with Crippen molar-refractivity contribution in [3.05, 3.63) is 29.8 Å². The largest absolute Gasteiger partial charge is 0.493 e. The Morgan fingerprint density at radius 1 is 1.21 bits per heavy atom. The highest BCUT2D eigenvalue weighted by molar-refractivity contribution is 5.85. The minimum absolute atomic E-state index is 0. The molecule has 0 saturated carbocycles. The van der Waals surface area contributed by atoms with Gasteiger partial charge in [0.25, 0.3) is 0 Å². The van der Waals surface area contributed by atoms with E-state index in [0.29, 0.717) is 18.3 Å². The first kappa shape index (κ1) is 16.1. The number of ether oxygens (including phenoxy) is 1. The van der Waals surface area contributed by atoms with Gasteiger partial charge >= 0.3 is 6.18 Å². The fourth-order valence-corrected chi connectivity index (χ4v) is 2.02. The smallest absolute Gasteiger partial charge is 0.416 e. The third kappa shape index (κ3) is 4.91. The van der Waals surface area contributed by atoms with Gasteiger partial charge in [-0.15, -0.1) is 12.4 Å². The van der Waals surface area contributed by atoms with E-state index in [1.54, 1.807) is 6.07 Å². The lowest BCUT2D eigenvalue weighted by Crippen LogP contribution is -2.30. The standard InChI is InChI=1S/C13H16F3NO.ClH/c14-13(15,16)11-2-1-3-12(8-11)18-9-10-4-6-17-7-5-10;/h1-3,8,10,17H,4-7,9H2;1H. The summed E-state index contributed by atoms with van der Waals surface area (Å²) in [5, 5.41) is 3.24. The zero-order valence-electron chi connectivity index (χ0n) is 10.4. The molecule has 0 unspecified atom stereocenters. The third-order valence-corrected chi connectivity index (χ3v) is 3.11. The number of benzene rings is 1. The van der Waals surface area contributed by atoms with E-state index in [-0.39, 0.29) is 12.4 Å². The monoisotopic (exact) mass is 295 g/mol. The molecule has 19 heavy (non-hydrogen) atoms. The van der Waals surface area contributed by atoms with E-state index in [4.69, 9.17) is 4.74 Å². The third-order valence-electron chi connectivity index (χ3n) is 3.11. The lowest BCUT2D eigenvalue weighted by atomic mass is 9.99. The summed E-state index contributed by atoms with van der Waals surface area (Å²) in [6, 6.07) is 5.05. The van der Waals surface area contributed by atoms with Gasteiger partial charge in [-0.25, -0.2) is 0 Å². The molecule has 1 N–H and O–H groups in total. The topological polar surface area (TPSA) is 21.3 Å². The molecular formula is C13H17ClF3NO. The zero-order valence-corrected chi connectivity index (χ0v) is 11.2. The first-order valence-corrected chi connectivity index (χ1v) is 6.06. The second kappa shape index (κ2) is 7.01. The predicted molar refractivity (Wildman–Crippen MR) is 69.8 cm³/mol.